The number of halogens is 2. The van der Waals surface area contributed by atoms with Crippen LogP contribution in [-0.2, 0) is 6.54 Å². The van der Waals surface area contributed by atoms with Gasteiger partial charge in [-0.1, -0.05) is 0 Å². The Kier molecular flexibility index (Phi) is 2.93. The fraction of sp³-hybridized carbons (Fsp3) is 0.444. The fourth-order valence-electron chi connectivity index (χ4n) is 1.35. The Bertz CT molecular complexity index is 311. The predicted octanol–water partition coefficient (Wildman–Crippen LogP) is 2.09. The highest BCUT2D eigenvalue weighted by molar-refractivity contribution is 5.32. The Morgan fingerprint density at radius 1 is 1.46 bits per heavy atom. The van der Waals surface area contributed by atoms with Gasteiger partial charge in [-0.25, -0.2) is 8.78 Å². The summed E-state index contributed by atoms with van der Waals surface area (Å²) in [7, 11) is 0. The monoisotopic (exact) mass is 186 g/mol. The highest BCUT2D eigenvalue weighted by Gasteiger charge is 2.14. The summed E-state index contributed by atoms with van der Waals surface area (Å²) in [5.74, 6) is 0. The molecule has 1 aromatic heterocycles. The van der Waals surface area contributed by atoms with Crippen LogP contribution in [0.4, 0.5) is 8.78 Å². The quantitative estimate of drug-likeness (QED) is 0.768. The van der Waals surface area contributed by atoms with E-state index < -0.39 is 6.43 Å². The molecule has 0 saturated carbocycles. The van der Waals surface area contributed by atoms with Gasteiger partial charge >= 0.3 is 0 Å². The van der Waals surface area contributed by atoms with E-state index >= 15 is 0 Å². The van der Waals surface area contributed by atoms with Gasteiger partial charge in [0.2, 0.25) is 0 Å². The molecule has 0 fully saturated rings. The maximum Gasteiger partial charge on any atom is 0.264 e. The molecule has 0 aliphatic carbocycles. The molecule has 2 nitrogen and oxygen atoms in total. The Morgan fingerprint density at radius 3 is 2.54 bits per heavy atom. The molecule has 0 aromatic carbocycles. The summed E-state index contributed by atoms with van der Waals surface area (Å²) in [6.45, 7) is 3.50. The topological polar surface area (TPSA) is 38.9 Å². The molecule has 0 bridgehead atoms. The molecule has 1 aromatic rings. The van der Waals surface area contributed by atoms with Crippen LogP contribution in [0.5, 0.6) is 0 Å². The van der Waals surface area contributed by atoms with E-state index in [1.807, 2.05) is 0 Å². The molecule has 4 heteroatoms. The van der Waals surface area contributed by atoms with Gasteiger partial charge in [0.15, 0.2) is 0 Å². The molecule has 72 valence electrons. The highest BCUT2D eigenvalue weighted by Crippen LogP contribution is 2.24. The van der Waals surface area contributed by atoms with Gasteiger partial charge in [0.25, 0.3) is 6.43 Å². The number of pyridine rings is 1. The second-order valence-electron chi connectivity index (χ2n) is 2.92. The van der Waals surface area contributed by atoms with Crippen LogP contribution in [0.2, 0.25) is 0 Å². The molecule has 0 radical (unpaired) electrons. The maximum absolute atomic E-state index is 12.5. The Balaban J connectivity index is 3.29. The number of aryl methyl sites for hydroxylation is 2. The Labute approximate surface area is 75.8 Å². The minimum Gasteiger partial charge on any atom is -0.326 e. The van der Waals surface area contributed by atoms with Gasteiger partial charge < -0.3 is 5.73 Å². The van der Waals surface area contributed by atoms with E-state index in [0.717, 1.165) is 0 Å². The zero-order valence-electron chi connectivity index (χ0n) is 7.64. The molecular formula is C9H12F2N2. The normalized spacial score (nSPS) is 10.9. The van der Waals surface area contributed by atoms with E-state index in [1.165, 1.54) is 6.07 Å². The molecule has 1 rings (SSSR count). The van der Waals surface area contributed by atoms with Crippen LogP contribution < -0.4 is 5.73 Å². The van der Waals surface area contributed by atoms with E-state index in [4.69, 9.17) is 5.73 Å². The van der Waals surface area contributed by atoms with Crippen molar-refractivity contribution in [3.8, 4) is 0 Å². The Morgan fingerprint density at radius 2 is 2.08 bits per heavy atom. The van der Waals surface area contributed by atoms with Crippen LogP contribution in [-0.4, -0.2) is 4.98 Å². The molecule has 0 spiro atoms. The van der Waals surface area contributed by atoms with Crippen molar-refractivity contribution >= 4 is 0 Å². The van der Waals surface area contributed by atoms with E-state index in [2.05, 4.69) is 4.98 Å². The molecule has 0 aliphatic heterocycles. The standard InChI is InChI=1S/C9H12F2N2/c1-5-3-7(9(10)11)8(4-12)6(2)13-5/h3,9H,4,12H2,1-2H3. The molecule has 0 saturated heterocycles. The van der Waals surface area contributed by atoms with Crippen LogP contribution in [0.25, 0.3) is 0 Å². The number of alkyl halides is 2. The van der Waals surface area contributed by atoms with Crippen LogP contribution >= 0.6 is 0 Å². The lowest BCUT2D eigenvalue weighted by Gasteiger charge is -2.10. The van der Waals surface area contributed by atoms with Crippen molar-refractivity contribution in [2.45, 2.75) is 26.8 Å². The van der Waals surface area contributed by atoms with Gasteiger partial charge in [-0.15, -0.1) is 0 Å². The summed E-state index contributed by atoms with van der Waals surface area (Å²) in [4.78, 5) is 4.07. The summed E-state index contributed by atoms with van der Waals surface area (Å²) in [5, 5.41) is 0. The van der Waals surface area contributed by atoms with Crippen molar-refractivity contribution < 1.29 is 8.78 Å². The third kappa shape index (κ3) is 2.01. The highest BCUT2D eigenvalue weighted by atomic mass is 19.3. The van der Waals surface area contributed by atoms with Gasteiger partial charge in [-0.05, 0) is 25.5 Å². The smallest absolute Gasteiger partial charge is 0.264 e. The van der Waals surface area contributed by atoms with Gasteiger partial charge in [-0.3, -0.25) is 4.98 Å². The summed E-state index contributed by atoms with van der Waals surface area (Å²) in [5.41, 5.74) is 7.03. The molecule has 13 heavy (non-hydrogen) atoms. The number of rotatable bonds is 2. The first-order chi connectivity index (χ1) is 6.06. The zero-order valence-corrected chi connectivity index (χ0v) is 7.64. The first kappa shape index (κ1) is 10.1. The molecule has 1 heterocycles. The molecule has 0 aliphatic rings. The van der Waals surface area contributed by atoms with Crippen molar-refractivity contribution in [3.05, 3.63) is 28.6 Å². The number of aromatic nitrogens is 1. The average molecular weight is 186 g/mol. The molecule has 0 atom stereocenters. The van der Waals surface area contributed by atoms with Crippen LogP contribution in [0.3, 0.4) is 0 Å². The number of hydrogen-bond acceptors (Lipinski definition) is 2. The van der Waals surface area contributed by atoms with E-state index in [-0.39, 0.29) is 12.1 Å². The van der Waals surface area contributed by atoms with Crippen LogP contribution in [0.15, 0.2) is 6.07 Å². The number of hydrogen-bond donors (Lipinski definition) is 1. The molecule has 0 amide bonds. The Hall–Kier alpha value is -1.03. The van der Waals surface area contributed by atoms with E-state index in [1.54, 1.807) is 13.8 Å². The third-order valence-electron chi connectivity index (χ3n) is 1.93. The van der Waals surface area contributed by atoms with Crippen molar-refractivity contribution in [2.24, 2.45) is 5.73 Å². The SMILES string of the molecule is Cc1cc(C(F)F)c(CN)c(C)n1. The average Bonchev–Trinajstić information content (AvgIpc) is 2.02. The van der Waals surface area contributed by atoms with Gasteiger partial charge in [0.05, 0.1) is 0 Å². The first-order valence-corrected chi connectivity index (χ1v) is 4.01. The first-order valence-electron chi connectivity index (χ1n) is 4.01. The van der Waals surface area contributed by atoms with Crippen molar-refractivity contribution in [1.29, 1.82) is 0 Å². The lowest BCUT2D eigenvalue weighted by Crippen LogP contribution is -2.07. The largest absolute Gasteiger partial charge is 0.326 e. The summed E-state index contributed by atoms with van der Waals surface area (Å²) >= 11 is 0. The predicted molar refractivity (Wildman–Crippen MR) is 46.6 cm³/mol. The summed E-state index contributed by atoms with van der Waals surface area (Å²) < 4.78 is 25.0. The zero-order chi connectivity index (χ0) is 10.0. The third-order valence-corrected chi connectivity index (χ3v) is 1.93. The maximum atomic E-state index is 12.5. The molecule has 0 unspecified atom stereocenters. The minimum absolute atomic E-state index is 0.00694. The second-order valence-corrected chi connectivity index (χ2v) is 2.92. The second kappa shape index (κ2) is 3.79. The van der Waals surface area contributed by atoms with Gasteiger partial charge in [0.1, 0.15) is 0 Å². The minimum atomic E-state index is -2.47. The van der Waals surface area contributed by atoms with Gasteiger partial charge in [-0.2, -0.15) is 0 Å². The molecule has 2 N–H and O–H groups in total. The summed E-state index contributed by atoms with van der Waals surface area (Å²) in [6.07, 6.45) is -2.47. The number of nitrogens with zero attached hydrogens (tertiary/aromatic N) is 1. The van der Waals surface area contributed by atoms with Crippen LogP contribution in [0.1, 0.15) is 28.9 Å². The summed E-state index contributed by atoms with van der Waals surface area (Å²) in [6, 6.07) is 1.39. The lowest BCUT2D eigenvalue weighted by atomic mass is 10.1. The van der Waals surface area contributed by atoms with Crippen molar-refractivity contribution in [3.63, 3.8) is 0 Å². The lowest BCUT2D eigenvalue weighted by molar-refractivity contribution is 0.150. The van der Waals surface area contributed by atoms with Crippen molar-refractivity contribution in [1.82, 2.24) is 4.98 Å². The van der Waals surface area contributed by atoms with E-state index in [0.29, 0.717) is 17.0 Å². The number of nitrogens with two attached hydrogens (primary N) is 1. The van der Waals surface area contributed by atoms with E-state index in [9.17, 15) is 8.78 Å². The van der Waals surface area contributed by atoms with Crippen molar-refractivity contribution in [2.75, 3.05) is 0 Å². The van der Waals surface area contributed by atoms with Gasteiger partial charge in [0, 0.05) is 23.5 Å². The molecular weight excluding hydrogens is 174 g/mol. The fourth-order valence-corrected chi connectivity index (χ4v) is 1.35. The van der Waals surface area contributed by atoms with Crippen LogP contribution in [0, 0.1) is 13.8 Å².